The average molecular weight is 426 g/mol. The van der Waals surface area contributed by atoms with Crippen LogP contribution in [0.3, 0.4) is 0 Å². The van der Waals surface area contributed by atoms with Crippen LogP contribution in [-0.4, -0.2) is 18.4 Å². The first kappa shape index (κ1) is 22.1. The number of hydrogen-bond acceptors (Lipinski definition) is 2. The number of halogens is 3. The summed E-state index contributed by atoms with van der Waals surface area (Å²) < 4.78 is 38.6. The normalized spacial score (nSPS) is 12.1. The van der Waals surface area contributed by atoms with Gasteiger partial charge in [0.2, 0.25) is 5.91 Å². The molecule has 0 heterocycles. The van der Waals surface area contributed by atoms with Crippen LogP contribution >= 0.6 is 0 Å². The quantitative estimate of drug-likeness (QED) is 0.584. The fraction of sp³-hybridized carbons (Fsp3) is 0.167. The van der Waals surface area contributed by atoms with E-state index in [0.29, 0.717) is 11.1 Å². The van der Waals surface area contributed by atoms with Crippen molar-refractivity contribution in [1.82, 2.24) is 10.6 Å². The fourth-order valence-electron chi connectivity index (χ4n) is 3.07. The first-order chi connectivity index (χ1) is 14.7. The maximum atomic E-state index is 12.9. The molecule has 0 bridgehead atoms. The van der Waals surface area contributed by atoms with Crippen molar-refractivity contribution >= 4 is 11.8 Å². The lowest BCUT2D eigenvalue weighted by Gasteiger charge is -2.16. The van der Waals surface area contributed by atoms with Crippen molar-refractivity contribution in [3.05, 3.63) is 95.6 Å². The second kappa shape index (κ2) is 9.47. The molecule has 0 radical (unpaired) electrons. The summed E-state index contributed by atoms with van der Waals surface area (Å²) in [5.74, 6) is -0.916. The van der Waals surface area contributed by atoms with E-state index in [1.807, 2.05) is 42.5 Å². The van der Waals surface area contributed by atoms with E-state index in [0.717, 1.165) is 23.3 Å². The number of rotatable bonds is 6. The SMILES string of the molecule is CC(NC(=O)CNC(=O)c1ccc(-c2ccccc2)cc1)c1cccc(C(F)(F)F)c1. The van der Waals surface area contributed by atoms with Crippen LogP contribution in [0.15, 0.2) is 78.9 Å². The molecule has 0 saturated carbocycles. The predicted molar refractivity (Wildman–Crippen MR) is 112 cm³/mol. The molecular weight excluding hydrogens is 405 g/mol. The van der Waals surface area contributed by atoms with Gasteiger partial charge in [-0.3, -0.25) is 9.59 Å². The van der Waals surface area contributed by atoms with Gasteiger partial charge in [0.25, 0.3) is 5.91 Å². The molecule has 0 aromatic heterocycles. The molecule has 7 heteroatoms. The Morgan fingerprint density at radius 1 is 0.871 bits per heavy atom. The zero-order valence-electron chi connectivity index (χ0n) is 16.7. The Morgan fingerprint density at radius 3 is 2.16 bits per heavy atom. The molecule has 0 aliphatic carbocycles. The Balaban J connectivity index is 1.54. The maximum Gasteiger partial charge on any atom is 0.416 e. The molecule has 3 aromatic carbocycles. The molecule has 0 fully saturated rings. The van der Waals surface area contributed by atoms with Crippen LogP contribution < -0.4 is 10.6 Å². The van der Waals surface area contributed by atoms with Gasteiger partial charge in [-0.15, -0.1) is 0 Å². The van der Waals surface area contributed by atoms with Crippen LogP contribution in [0.25, 0.3) is 11.1 Å². The van der Waals surface area contributed by atoms with Gasteiger partial charge < -0.3 is 10.6 Å². The van der Waals surface area contributed by atoms with Gasteiger partial charge in [-0.05, 0) is 47.9 Å². The smallest absolute Gasteiger partial charge is 0.348 e. The van der Waals surface area contributed by atoms with Crippen LogP contribution in [0.4, 0.5) is 13.2 Å². The Morgan fingerprint density at radius 2 is 1.52 bits per heavy atom. The van der Waals surface area contributed by atoms with Crippen molar-refractivity contribution in [2.24, 2.45) is 0 Å². The molecule has 1 unspecified atom stereocenters. The highest BCUT2D eigenvalue weighted by Gasteiger charge is 2.30. The molecule has 160 valence electrons. The van der Waals surface area contributed by atoms with E-state index in [1.165, 1.54) is 12.1 Å². The van der Waals surface area contributed by atoms with E-state index < -0.39 is 29.6 Å². The lowest BCUT2D eigenvalue weighted by Crippen LogP contribution is -2.38. The summed E-state index contributed by atoms with van der Waals surface area (Å²) in [7, 11) is 0. The Hall–Kier alpha value is -3.61. The third kappa shape index (κ3) is 5.94. The van der Waals surface area contributed by atoms with Gasteiger partial charge in [-0.2, -0.15) is 13.2 Å². The molecule has 0 aliphatic heterocycles. The van der Waals surface area contributed by atoms with Crippen molar-refractivity contribution in [2.75, 3.05) is 6.54 Å². The molecule has 0 aliphatic rings. The second-order valence-corrected chi connectivity index (χ2v) is 7.04. The van der Waals surface area contributed by atoms with Gasteiger partial charge in [-0.25, -0.2) is 0 Å². The van der Waals surface area contributed by atoms with Gasteiger partial charge in [0.05, 0.1) is 18.2 Å². The van der Waals surface area contributed by atoms with Gasteiger partial charge in [-0.1, -0.05) is 54.6 Å². The summed E-state index contributed by atoms with van der Waals surface area (Å²) in [5.41, 5.74) is 1.94. The van der Waals surface area contributed by atoms with Crippen LogP contribution in [-0.2, 0) is 11.0 Å². The standard InChI is InChI=1S/C24H21F3N2O2/c1-16(20-8-5-9-21(14-20)24(25,26)27)29-22(30)15-28-23(31)19-12-10-18(11-13-19)17-6-3-2-4-7-17/h2-14,16H,15H2,1H3,(H,28,31)(H,29,30). The Bertz CT molecular complexity index is 1050. The summed E-state index contributed by atoms with van der Waals surface area (Å²) in [6.07, 6.45) is -4.45. The summed E-state index contributed by atoms with van der Waals surface area (Å²) in [5, 5.41) is 5.11. The highest BCUT2D eigenvalue weighted by Crippen LogP contribution is 2.30. The molecular formula is C24H21F3N2O2. The molecule has 0 spiro atoms. The van der Waals surface area contributed by atoms with Gasteiger partial charge in [0.1, 0.15) is 0 Å². The minimum atomic E-state index is -4.45. The number of hydrogen-bond donors (Lipinski definition) is 2. The summed E-state index contributed by atoms with van der Waals surface area (Å²) in [4.78, 5) is 24.4. The number of nitrogens with one attached hydrogen (secondary N) is 2. The van der Waals surface area contributed by atoms with E-state index in [1.54, 1.807) is 19.1 Å². The molecule has 4 nitrogen and oxygen atoms in total. The third-order valence-corrected chi connectivity index (χ3v) is 4.76. The van der Waals surface area contributed by atoms with Crippen LogP contribution in [0.2, 0.25) is 0 Å². The topological polar surface area (TPSA) is 58.2 Å². The van der Waals surface area contributed by atoms with Crippen molar-refractivity contribution in [2.45, 2.75) is 19.1 Å². The summed E-state index contributed by atoms with van der Waals surface area (Å²) >= 11 is 0. The number of carbonyl (C=O) groups excluding carboxylic acids is 2. The van der Waals surface area contributed by atoms with Crippen molar-refractivity contribution < 1.29 is 22.8 Å². The minimum Gasteiger partial charge on any atom is -0.348 e. The van der Waals surface area contributed by atoms with Crippen molar-refractivity contribution in [1.29, 1.82) is 0 Å². The van der Waals surface area contributed by atoms with Gasteiger partial charge >= 0.3 is 6.18 Å². The van der Waals surface area contributed by atoms with Gasteiger partial charge in [0.15, 0.2) is 0 Å². The molecule has 31 heavy (non-hydrogen) atoms. The minimum absolute atomic E-state index is 0.289. The zero-order valence-corrected chi connectivity index (χ0v) is 16.7. The third-order valence-electron chi connectivity index (χ3n) is 4.76. The summed E-state index contributed by atoms with van der Waals surface area (Å²) in [6.45, 7) is 1.29. The average Bonchev–Trinajstić information content (AvgIpc) is 2.77. The first-order valence-electron chi connectivity index (χ1n) is 9.64. The Labute approximate surface area is 178 Å². The molecule has 0 saturated heterocycles. The zero-order chi connectivity index (χ0) is 22.4. The number of benzene rings is 3. The number of carbonyl (C=O) groups is 2. The second-order valence-electron chi connectivity index (χ2n) is 7.04. The monoisotopic (exact) mass is 426 g/mol. The van der Waals surface area contributed by atoms with E-state index in [4.69, 9.17) is 0 Å². The van der Waals surface area contributed by atoms with Crippen LogP contribution in [0, 0.1) is 0 Å². The number of amides is 2. The largest absolute Gasteiger partial charge is 0.416 e. The Kier molecular flexibility index (Phi) is 6.74. The molecule has 2 N–H and O–H groups in total. The van der Waals surface area contributed by atoms with Crippen molar-refractivity contribution in [3.63, 3.8) is 0 Å². The maximum absolute atomic E-state index is 12.9. The molecule has 3 aromatic rings. The number of alkyl halides is 3. The first-order valence-corrected chi connectivity index (χ1v) is 9.64. The van der Waals surface area contributed by atoms with E-state index in [9.17, 15) is 22.8 Å². The van der Waals surface area contributed by atoms with Crippen LogP contribution in [0.5, 0.6) is 0 Å². The highest BCUT2D eigenvalue weighted by molar-refractivity contribution is 5.96. The van der Waals surface area contributed by atoms with Crippen LogP contribution in [0.1, 0.15) is 34.5 Å². The molecule has 2 amide bonds. The van der Waals surface area contributed by atoms with Gasteiger partial charge in [0, 0.05) is 5.56 Å². The van der Waals surface area contributed by atoms with Crippen molar-refractivity contribution in [3.8, 4) is 11.1 Å². The molecule has 1 atom stereocenters. The van der Waals surface area contributed by atoms with E-state index >= 15 is 0 Å². The van der Waals surface area contributed by atoms with E-state index in [-0.39, 0.29) is 6.54 Å². The lowest BCUT2D eigenvalue weighted by molar-refractivity contribution is -0.137. The predicted octanol–water partition coefficient (Wildman–Crippen LogP) is 4.98. The van der Waals surface area contributed by atoms with E-state index in [2.05, 4.69) is 10.6 Å². The fourth-order valence-corrected chi connectivity index (χ4v) is 3.07. The highest BCUT2D eigenvalue weighted by atomic mass is 19.4. The molecule has 3 rings (SSSR count). The lowest BCUT2D eigenvalue weighted by atomic mass is 10.0. The summed E-state index contributed by atoms with van der Waals surface area (Å²) in [6, 6.07) is 20.8.